The second-order valence-electron chi connectivity index (χ2n) is 7.19. The molecule has 1 aromatic rings. The second kappa shape index (κ2) is 6.91. The van der Waals surface area contributed by atoms with Gasteiger partial charge in [0.2, 0.25) is 0 Å². The van der Waals surface area contributed by atoms with E-state index in [1.54, 1.807) is 0 Å². The smallest absolute Gasteiger partial charge is 0.317 e. The van der Waals surface area contributed by atoms with Crippen LogP contribution in [0.1, 0.15) is 42.4 Å². The van der Waals surface area contributed by atoms with Crippen LogP contribution in [-0.2, 0) is 11.3 Å². The number of benzene rings is 1. The second-order valence-corrected chi connectivity index (χ2v) is 7.19. The first-order valence-corrected chi connectivity index (χ1v) is 8.75. The van der Waals surface area contributed by atoms with E-state index in [-0.39, 0.29) is 6.03 Å². The molecule has 2 heterocycles. The highest BCUT2D eigenvalue weighted by molar-refractivity contribution is 5.74. The van der Waals surface area contributed by atoms with E-state index in [0.717, 1.165) is 52.0 Å². The largest absolute Gasteiger partial charge is 0.381 e. The summed E-state index contributed by atoms with van der Waals surface area (Å²) in [6.45, 7) is 8.33. The summed E-state index contributed by atoms with van der Waals surface area (Å²) < 4.78 is 5.49. The fraction of sp³-hybridized carbons (Fsp3) is 0.632. The van der Waals surface area contributed by atoms with E-state index in [0.29, 0.717) is 12.0 Å². The fourth-order valence-corrected chi connectivity index (χ4v) is 3.82. The van der Waals surface area contributed by atoms with Crippen LogP contribution in [-0.4, -0.2) is 37.2 Å². The van der Waals surface area contributed by atoms with Gasteiger partial charge in [0.15, 0.2) is 0 Å². The molecule has 0 unspecified atom stereocenters. The van der Waals surface area contributed by atoms with Gasteiger partial charge in [-0.2, -0.15) is 0 Å². The molecular weight excluding hydrogens is 288 g/mol. The van der Waals surface area contributed by atoms with E-state index in [4.69, 9.17) is 4.74 Å². The van der Waals surface area contributed by atoms with Gasteiger partial charge < -0.3 is 15.0 Å². The number of carbonyl (C=O) groups excluding carboxylic acids is 1. The minimum atomic E-state index is 0.0758. The molecule has 0 atom stereocenters. The lowest BCUT2D eigenvalue weighted by atomic mass is 9.72. The van der Waals surface area contributed by atoms with Gasteiger partial charge in [0.25, 0.3) is 0 Å². The first kappa shape index (κ1) is 16.3. The molecule has 0 aliphatic carbocycles. The fourth-order valence-electron chi connectivity index (χ4n) is 3.82. The van der Waals surface area contributed by atoms with Crippen molar-refractivity contribution in [1.82, 2.24) is 10.2 Å². The minimum absolute atomic E-state index is 0.0758. The number of nitrogens with zero attached hydrogens (tertiary/aromatic N) is 1. The van der Waals surface area contributed by atoms with Crippen molar-refractivity contribution in [3.05, 3.63) is 34.9 Å². The predicted octanol–water partition coefficient (Wildman–Crippen LogP) is 3.41. The van der Waals surface area contributed by atoms with E-state index in [2.05, 4.69) is 37.4 Å². The number of nitrogens with one attached hydrogen (secondary N) is 1. The van der Waals surface area contributed by atoms with Crippen LogP contribution in [0.3, 0.4) is 0 Å². The number of ether oxygens (including phenoxy) is 1. The summed E-state index contributed by atoms with van der Waals surface area (Å²) in [7, 11) is 0. The van der Waals surface area contributed by atoms with Gasteiger partial charge in [0, 0.05) is 32.8 Å². The molecular formula is C19H28N2O2. The highest BCUT2D eigenvalue weighted by Gasteiger charge is 2.37. The molecule has 126 valence electrons. The summed E-state index contributed by atoms with van der Waals surface area (Å²) in [5.74, 6) is 0. The molecule has 2 amide bonds. The molecule has 2 aliphatic rings. The van der Waals surface area contributed by atoms with E-state index < -0.39 is 0 Å². The quantitative estimate of drug-likeness (QED) is 0.908. The lowest BCUT2D eigenvalue weighted by molar-refractivity contribution is -0.0145. The Morgan fingerprint density at radius 1 is 1.17 bits per heavy atom. The number of urea groups is 1. The maximum atomic E-state index is 12.4. The Bertz CT molecular complexity index is 554. The van der Waals surface area contributed by atoms with Gasteiger partial charge in [0.05, 0.1) is 0 Å². The van der Waals surface area contributed by atoms with Crippen LogP contribution in [0.5, 0.6) is 0 Å². The molecule has 4 heteroatoms. The third-order valence-electron chi connectivity index (χ3n) is 5.59. The molecule has 3 rings (SSSR count). The average molecular weight is 316 g/mol. The Balaban J connectivity index is 1.49. The van der Waals surface area contributed by atoms with E-state index in [1.165, 1.54) is 16.7 Å². The summed E-state index contributed by atoms with van der Waals surface area (Å²) in [5.41, 5.74) is 4.13. The maximum Gasteiger partial charge on any atom is 0.317 e. The average Bonchev–Trinajstić information content (AvgIpc) is 2.55. The first-order chi connectivity index (χ1) is 11.1. The number of hydrogen-bond donors (Lipinski definition) is 1. The van der Waals surface area contributed by atoms with Gasteiger partial charge in [-0.05, 0) is 56.1 Å². The summed E-state index contributed by atoms with van der Waals surface area (Å²) in [6, 6.07) is 6.45. The molecule has 0 radical (unpaired) electrons. The van der Waals surface area contributed by atoms with Gasteiger partial charge in [-0.1, -0.05) is 23.8 Å². The summed E-state index contributed by atoms with van der Waals surface area (Å²) in [4.78, 5) is 14.4. The number of hydrogen-bond acceptors (Lipinski definition) is 2. The molecule has 2 fully saturated rings. The molecule has 0 bridgehead atoms. The van der Waals surface area contributed by atoms with Crippen molar-refractivity contribution in [3.8, 4) is 0 Å². The number of piperidine rings is 1. The minimum Gasteiger partial charge on any atom is -0.381 e. The van der Waals surface area contributed by atoms with Crippen LogP contribution in [0.25, 0.3) is 0 Å². The number of aryl methyl sites for hydroxylation is 2. The molecule has 4 nitrogen and oxygen atoms in total. The molecule has 2 saturated heterocycles. The topological polar surface area (TPSA) is 41.6 Å². The van der Waals surface area contributed by atoms with Crippen LogP contribution in [0, 0.1) is 19.3 Å². The van der Waals surface area contributed by atoms with E-state index in [9.17, 15) is 4.79 Å². The normalized spacial score (nSPS) is 20.5. The zero-order chi connectivity index (χ0) is 16.3. The van der Waals surface area contributed by atoms with Crippen molar-refractivity contribution in [1.29, 1.82) is 0 Å². The molecule has 1 N–H and O–H groups in total. The lowest BCUT2D eigenvalue weighted by Gasteiger charge is -2.44. The van der Waals surface area contributed by atoms with Crippen molar-refractivity contribution in [2.75, 3.05) is 26.3 Å². The van der Waals surface area contributed by atoms with Crippen LogP contribution in [0.2, 0.25) is 0 Å². The molecule has 2 aliphatic heterocycles. The Kier molecular flexibility index (Phi) is 4.90. The van der Waals surface area contributed by atoms with Crippen LogP contribution < -0.4 is 5.32 Å². The number of amides is 2. The molecule has 0 aromatic heterocycles. The Hall–Kier alpha value is -1.55. The van der Waals surface area contributed by atoms with Gasteiger partial charge in [-0.25, -0.2) is 4.79 Å². The molecule has 1 aromatic carbocycles. The zero-order valence-corrected chi connectivity index (χ0v) is 14.4. The van der Waals surface area contributed by atoms with Crippen molar-refractivity contribution < 1.29 is 9.53 Å². The monoisotopic (exact) mass is 316 g/mol. The van der Waals surface area contributed by atoms with Gasteiger partial charge in [0.1, 0.15) is 0 Å². The Morgan fingerprint density at radius 3 is 2.52 bits per heavy atom. The van der Waals surface area contributed by atoms with Crippen LogP contribution >= 0.6 is 0 Å². The number of carbonyl (C=O) groups is 1. The third-order valence-corrected chi connectivity index (χ3v) is 5.59. The first-order valence-electron chi connectivity index (χ1n) is 8.75. The Labute approximate surface area is 139 Å². The predicted molar refractivity (Wildman–Crippen MR) is 91.4 cm³/mol. The lowest BCUT2D eigenvalue weighted by Crippen LogP contribution is -2.48. The van der Waals surface area contributed by atoms with E-state index >= 15 is 0 Å². The van der Waals surface area contributed by atoms with Crippen molar-refractivity contribution in [2.45, 2.75) is 46.1 Å². The van der Waals surface area contributed by atoms with Crippen molar-refractivity contribution in [2.24, 2.45) is 5.41 Å². The SMILES string of the molecule is Cc1ccc(CNC(=O)N2CCC3(CCOCC3)CC2)c(C)c1. The van der Waals surface area contributed by atoms with E-state index in [1.807, 2.05) is 4.90 Å². The van der Waals surface area contributed by atoms with Crippen LogP contribution in [0.15, 0.2) is 18.2 Å². The van der Waals surface area contributed by atoms with Crippen LogP contribution in [0.4, 0.5) is 4.79 Å². The summed E-state index contributed by atoms with van der Waals surface area (Å²) >= 11 is 0. The number of likely N-dealkylation sites (tertiary alicyclic amines) is 1. The van der Waals surface area contributed by atoms with Gasteiger partial charge in [-0.3, -0.25) is 0 Å². The Morgan fingerprint density at radius 2 is 1.87 bits per heavy atom. The third kappa shape index (κ3) is 3.86. The van der Waals surface area contributed by atoms with Crippen molar-refractivity contribution >= 4 is 6.03 Å². The maximum absolute atomic E-state index is 12.4. The zero-order valence-electron chi connectivity index (χ0n) is 14.4. The molecule has 0 saturated carbocycles. The highest BCUT2D eigenvalue weighted by atomic mass is 16.5. The molecule has 1 spiro atoms. The van der Waals surface area contributed by atoms with Gasteiger partial charge in [-0.15, -0.1) is 0 Å². The molecule has 23 heavy (non-hydrogen) atoms. The summed E-state index contributed by atoms with van der Waals surface area (Å²) in [6.07, 6.45) is 4.55. The van der Waals surface area contributed by atoms with Crippen molar-refractivity contribution in [3.63, 3.8) is 0 Å². The highest BCUT2D eigenvalue weighted by Crippen LogP contribution is 2.40. The summed E-state index contributed by atoms with van der Waals surface area (Å²) in [5, 5.41) is 3.08. The number of rotatable bonds is 2. The van der Waals surface area contributed by atoms with Gasteiger partial charge >= 0.3 is 6.03 Å². The standard InChI is InChI=1S/C19H28N2O2/c1-15-3-4-17(16(2)13-15)14-20-18(22)21-9-5-19(6-10-21)7-11-23-12-8-19/h3-4,13H,5-12,14H2,1-2H3,(H,20,22).